The molecule has 1 fully saturated rings. The third-order valence-corrected chi connectivity index (χ3v) is 6.71. The Bertz CT molecular complexity index is 1440. The van der Waals surface area contributed by atoms with E-state index in [9.17, 15) is 14.7 Å². The summed E-state index contributed by atoms with van der Waals surface area (Å²) >= 11 is 6.52. The van der Waals surface area contributed by atoms with E-state index < -0.39 is 17.7 Å². The Balaban J connectivity index is 1.58. The molecular weight excluding hydrogens is 448 g/mol. The minimum absolute atomic E-state index is 0.0564. The summed E-state index contributed by atoms with van der Waals surface area (Å²) in [6.07, 6.45) is 2.47. The number of hydrogen-bond acceptors (Lipinski definition) is 3. The van der Waals surface area contributed by atoms with E-state index in [0.717, 1.165) is 22.0 Å². The first-order valence-corrected chi connectivity index (χ1v) is 11.5. The highest BCUT2D eigenvalue weighted by atomic mass is 35.5. The summed E-state index contributed by atoms with van der Waals surface area (Å²) in [5.74, 6) is -1.54. The van der Waals surface area contributed by atoms with Crippen LogP contribution in [0, 0.1) is 6.92 Å². The number of nitrogens with zero attached hydrogens (tertiary/aromatic N) is 1. The maximum absolute atomic E-state index is 13.2. The number of hydrogen-bond donors (Lipinski definition) is 2. The van der Waals surface area contributed by atoms with Crippen molar-refractivity contribution in [1.29, 1.82) is 0 Å². The fourth-order valence-corrected chi connectivity index (χ4v) is 4.82. The number of aryl methyl sites for hydroxylation is 1. The zero-order valence-electron chi connectivity index (χ0n) is 18.6. The first-order valence-electron chi connectivity index (χ1n) is 11.1. The fourth-order valence-electron chi connectivity index (χ4n) is 4.58. The topological polar surface area (TPSA) is 73.4 Å². The van der Waals surface area contributed by atoms with Crippen molar-refractivity contribution < 1.29 is 14.7 Å². The van der Waals surface area contributed by atoms with Crippen LogP contribution in [-0.2, 0) is 16.0 Å². The molecule has 3 aromatic carbocycles. The van der Waals surface area contributed by atoms with Crippen LogP contribution in [0.5, 0.6) is 0 Å². The summed E-state index contributed by atoms with van der Waals surface area (Å²) in [6.45, 7) is 2.24. The predicted molar refractivity (Wildman–Crippen MR) is 134 cm³/mol. The molecule has 0 saturated carbocycles. The number of amides is 1. The van der Waals surface area contributed by atoms with E-state index in [1.54, 1.807) is 30.3 Å². The maximum Gasteiger partial charge on any atom is 0.295 e. The van der Waals surface area contributed by atoms with Crippen LogP contribution in [0.3, 0.4) is 0 Å². The number of halogens is 1. The Morgan fingerprint density at radius 1 is 1.00 bits per heavy atom. The van der Waals surface area contributed by atoms with E-state index in [0.29, 0.717) is 29.1 Å². The number of H-pyrrole nitrogens is 1. The second-order valence-corrected chi connectivity index (χ2v) is 8.90. The van der Waals surface area contributed by atoms with E-state index in [2.05, 4.69) is 4.98 Å². The lowest BCUT2D eigenvalue weighted by Gasteiger charge is -2.26. The number of carbonyl (C=O) groups excluding carboxylic acids is 2. The molecular formula is C28H23ClN2O3. The summed E-state index contributed by atoms with van der Waals surface area (Å²) in [5, 5.41) is 12.7. The molecule has 0 bridgehead atoms. The van der Waals surface area contributed by atoms with Crippen LogP contribution in [0.2, 0.25) is 5.02 Å². The normalized spacial score (nSPS) is 17.6. The van der Waals surface area contributed by atoms with E-state index in [-0.39, 0.29) is 11.3 Å². The molecule has 0 radical (unpaired) electrons. The average molecular weight is 471 g/mol. The second kappa shape index (κ2) is 8.84. The van der Waals surface area contributed by atoms with Gasteiger partial charge in [0, 0.05) is 34.2 Å². The van der Waals surface area contributed by atoms with Gasteiger partial charge in [-0.3, -0.25) is 9.59 Å². The van der Waals surface area contributed by atoms with Gasteiger partial charge in [0.05, 0.1) is 11.6 Å². The highest BCUT2D eigenvalue weighted by Gasteiger charge is 2.46. The summed E-state index contributed by atoms with van der Waals surface area (Å²) < 4.78 is 0. The lowest BCUT2D eigenvalue weighted by Crippen LogP contribution is -2.31. The molecule has 2 N–H and O–H groups in total. The first-order chi connectivity index (χ1) is 16.5. The second-order valence-electron chi connectivity index (χ2n) is 8.49. The lowest BCUT2D eigenvalue weighted by molar-refractivity contribution is -0.139. The van der Waals surface area contributed by atoms with Crippen molar-refractivity contribution >= 4 is 40.0 Å². The number of rotatable bonds is 5. The van der Waals surface area contributed by atoms with Gasteiger partial charge < -0.3 is 15.0 Å². The van der Waals surface area contributed by atoms with Crippen LogP contribution >= 0.6 is 11.6 Å². The van der Waals surface area contributed by atoms with E-state index >= 15 is 0 Å². The van der Waals surface area contributed by atoms with Gasteiger partial charge in [-0.1, -0.05) is 77.8 Å². The zero-order valence-corrected chi connectivity index (χ0v) is 19.3. The van der Waals surface area contributed by atoms with Crippen molar-refractivity contribution in [2.24, 2.45) is 0 Å². The molecule has 170 valence electrons. The number of carbonyl (C=O) groups is 2. The van der Waals surface area contributed by atoms with Crippen LogP contribution in [0.4, 0.5) is 0 Å². The Labute approximate surface area is 202 Å². The van der Waals surface area contributed by atoms with Gasteiger partial charge in [0.2, 0.25) is 0 Å². The Morgan fingerprint density at radius 3 is 2.47 bits per heavy atom. The monoisotopic (exact) mass is 470 g/mol. The van der Waals surface area contributed by atoms with Crippen LogP contribution in [0.1, 0.15) is 28.3 Å². The van der Waals surface area contributed by atoms with Crippen molar-refractivity contribution in [3.8, 4) is 0 Å². The van der Waals surface area contributed by atoms with Crippen molar-refractivity contribution in [2.75, 3.05) is 6.54 Å². The zero-order chi connectivity index (χ0) is 23.8. The number of Topliss-reactive ketones (excluding diaryl/α,β-unsaturated/α-hetero) is 1. The summed E-state index contributed by atoms with van der Waals surface area (Å²) in [6, 6.07) is 21.5. The number of likely N-dealkylation sites (tertiary alicyclic amines) is 1. The van der Waals surface area contributed by atoms with Crippen molar-refractivity contribution in [2.45, 2.75) is 19.4 Å². The minimum Gasteiger partial charge on any atom is -0.507 e. The molecule has 0 unspecified atom stereocenters. The smallest absolute Gasteiger partial charge is 0.295 e. The molecule has 2 heterocycles. The number of aromatic nitrogens is 1. The summed E-state index contributed by atoms with van der Waals surface area (Å²) in [4.78, 5) is 31.2. The van der Waals surface area contributed by atoms with Crippen LogP contribution in [0.25, 0.3) is 16.7 Å². The van der Waals surface area contributed by atoms with E-state index in [1.165, 1.54) is 4.90 Å². The van der Waals surface area contributed by atoms with Crippen LogP contribution < -0.4 is 0 Å². The third kappa shape index (κ3) is 3.78. The molecule has 1 saturated heterocycles. The molecule has 1 aliphatic heterocycles. The molecule has 1 aliphatic rings. The predicted octanol–water partition coefficient (Wildman–Crippen LogP) is 5.79. The van der Waals surface area contributed by atoms with Gasteiger partial charge in [0.15, 0.2) is 0 Å². The Kier molecular flexibility index (Phi) is 5.72. The van der Waals surface area contributed by atoms with Crippen LogP contribution in [-0.4, -0.2) is 33.2 Å². The van der Waals surface area contributed by atoms with Crippen molar-refractivity contribution in [3.05, 3.63) is 112 Å². The standard InChI is InChI=1S/C28H23ClN2O3/c1-17-10-12-18(13-11-17)26(32)24-25(21-7-2-4-8-22(21)29)31(28(34)27(24)33)15-14-19-16-30-23-9-5-3-6-20(19)23/h2-13,16,25,30,32H,14-15H2,1H3/t25-/m0/s1. The van der Waals surface area contributed by atoms with Crippen molar-refractivity contribution in [3.63, 3.8) is 0 Å². The maximum atomic E-state index is 13.2. The van der Waals surface area contributed by atoms with Gasteiger partial charge >= 0.3 is 0 Å². The molecule has 4 aromatic rings. The quantitative estimate of drug-likeness (QED) is 0.220. The molecule has 1 amide bonds. The number of ketones is 1. The van der Waals surface area contributed by atoms with Crippen molar-refractivity contribution in [1.82, 2.24) is 9.88 Å². The Hall–Kier alpha value is -3.83. The van der Waals surface area contributed by atoms with Gasteiger partial charge in [0.1, 0.15) is 5.76 Å². The number of aliphatic hydroxyl groups excluding tert-OH is 1. The van der Waals surface area contributed by atoms with Gasteiger partial charge in [-0.25, -0.2) is 0 Å². The number of para-hydroxylation sites is 1. The first kappa shape index (κ1) is 22.0. The average Bonchev–Trinajstić information content (AvgIpc) is 3.37. The lowest BCUT2D eigenvalue weighted by atomic mass is 9.95. The molecule has 5 rings (SSSR count). The molecule has 5 nitrogen and oxygen atoms in total. The van der Waals surface area contributed by atoms with Gasteiger partial charge in [-0.2, -0.15) is 0 Å². The molecule has 0 aliphatic carbocycles. The molecule has 6 heteroatoms. The van der Waals surface area contributed by atoms with Gasteiger partial charge in [-0.15, -0.1) is 0 Å². The van der Waals surface area contributed by atoms with Crippen LogP contribution in [0.15, 0.2) is 84.6 Å². The minimum atomic E-state index is -0.778. The highest BCUT2D eigenvalue weighted by molar-refractivity contribution is 6.47. The molecule has 1 aromatic heterocycles. The fraction of sp³-hybridized carbons (Fsp3) is 0.143. The largest absolute Gasteiger partial charge is 0.507 e. The van der Waals surface area contributed by atoms with E-state index in [1.807, 2.05) is 55.6 Å². The molecule has 1 atom stereocenters. The number of benzene rings is 3. The highest BCUT2D eigenvalue weighted by Crippen LogP contribution is 2.42. The SMILES string of the molecule is Cc1ccc(C(O)=C2C(=O)C(=O)N(CCc3c[nH]c4ccccc34)[C@H]2c2ccccc2Cl)cc1. The van der Waals surface area contributed by atoms with E-state index in [4.69, 9.17) is 11.6 Å². The third-order valence-electron chi connectivity index (χ3n) is 6.36. The number of aliphatic hydroxyl groups is 1. The summed E-state index contributed by atoms with van der Waals surface area (Å²) in [5.41, 5.74) is 4.24. The number of nitrogens with one attached hydrogen (secondary N) is 1. The number of aromatic amines is 1. The Morgan fingerprint density at radius 2 is 1.71 bits per heavy atom. The molecule has 0 spiro atoms. The van der Waals surface area contributed by atoms with Gasteiger partial charge in [0.25, 0.3) is 11.7 Å². The number of fused-ring (bicyclic) bond motifs is 1. The summed E-state index contributed by atoms with van der Waals surface area (Å²) in [7, 11) is 0. The molecule has 34 heavy (non-hydrogen) atoms. The van der Waals surface area contributed by atoms with Gasteiger partial charge in [-0.05, 0) is 36.6 Å².